The smallest absolute Gasteiger partial charge is 0.113 e. The highest BCUT2D eigenvalue weighted by Gasteiger charge is 2.54. The Kier molecular flexibility index (Phi) is 3.21. The van der Waals surface area contributed by atoms with Gasteiger partial charge in [0.25, 0.3) is 0 Å². The van der Waals surface area contributed by atoms with E-state index in [1.54, 1.807) is 0 Å². The molecule has 2 nitrogen and oxygen atoms in total. The van der Waals surface area contributed by atoms with Gasteiger partial charge >= 0.3 is 0 Å². The molecule has 17 heavy (non-hydrogen) atoms. The molecule has 3 unspecified atom stereocenters. The molecule has 0 aromatic heterocycles. The van der Waals surface area contributed by atoms with E-state index in [9.17, 15) is 5.11 Å². The average Bonchev–Trinajstić information content (AvgIpc) is 2.87. The zero-order chi connectivity index (χ0) is 12.7. The number of hydrogen-bond acceptors (Lipinski definition) is 2. The van der Waals surface area contributed by atoms with E-state index in [0.29, 0.717) is 0 Å². The largest absolute Gasteiger partial charge is 0.390 e. The Hall–Kier alpha value is -0.600. The topological polar surface area (TPSA) is 32.8 Å². The van der Waals surface area contributed by atoms with Gasteiger partial charge in [-0.1, -0.05) is 37.6 Å². The molecule has 1 N–H and O–H groups in total. The maximum atomic E-state index is 10.1. The van der Waals surface area contributed by atoms with Gasteiger partial charge in [0.1, 0.15) is 6.10 Å². The van der Waals surface area contributed by atoms with Crippen molar-refractivity contribution < 1.29 is 9.84 Å². The second-order valence-corrected chi connectivity index (χ2v) is 6.47. The molecule has 0 spiro atoms. The van der Waals surface area contributed by atoms with Crippen LogP contribution in [0.5, 0.6) is 0 Å². The Bertz CT molecular complexity index is 354. The van der Waals surface area contributed by atoms with Crippen LogP contribution in [0.3, 0.4) is 0 Å². The van der Waals surface area contributed by atoms with Crippen molar-refractivity contribution in [2.75, 3.05) is 0 Å². The molecule has 2 heteroatoms. The van der Waals surface area contributed by atoms with Crippen LogP contribution >= 0.6 is 0 Å². The molecule has 2 rings (SSSR count). The molecular weight excluding hydrogens is 212 g/mol. The Morgan fingerprint density at radius 1 is 1.29 bits per heavy atom. The third-order valence-electron chi connectivity index (χ3n) is 3.89. The molecule has 1 aliphatic heterocycles. The number of hydrogen-bond donors (Lipinski definition) is 1. The minimum absolute atomic E-state index is 0.0108. The quantitative estimate of drug-likeness (QED) is 0.517. The van der Waals surface area contributed by atoms with Crippen molar-refractivity contribution >= 4 is 0 Å². The summed E-state index contributed by atoms with van der Waals surface area (Å²) in [6.07, 6.45) is 9.05. The Balaban J connectivity index is 2.17. The third kappa shape index (κ3) is 2.99. The van der Waals surface area contributed by atoms with Gasteiger partial charge in [0.15, 0.2) is 0 Å². The predicted molar refractivity (Wildman–Crippen MR) is 69.8 cm³/mol. The highest BCUT2D eigenvalue weighted by atomic mass is 16.6. The third-order valence-corrected chi connectivity index (χ3v) is 3.89. The van der Waals surface area contributed by atoms with Crippen LogP contribution < -0.4 is 0 Å². The molecule has 0 bridgehead atoms. The van der Waals surface area contributed by atoms with Crippen molar-refractivity contribution in [1.82, 2.24) is 0 Å². The van der Waals surface area contributed by atoms with Gasteiger partial charge in [-0.2, -0.15) is 0 Å². The molecule has 0 aromatic rings. The van der Waals surface area contributed by atoms with E-state index < -0.39 is 0 Å². The summed E-state index contributed by atoms with van der Waals surface area (Å²) in [7, 11) is 0. The number of aliphatic hydroxyl groups is 1. The number of fused-ring (bicyclic) bond motifs is 1. The van der Waals surface area contributed by atoms with Gasteiger partial charge in [-0.3, -0.25) is 0 Å². The lowest BCUT2D eigenvalue weighted by molar-refractivity contribution is 0.135. The van der Waals surface area contributed by atoms with E-state index >= 15 is 0 Å². The second kappa shape index (κ2) is 4.25. The zero-order valence-corrected chi connectivity index (χ0v) is 11.4. The summed E-state index contributed by atoms with van der Waals surface area (Å²) in [6.45, 7) is 8.68. The van der Waals surface area contributed by atoms with Crippen LogP contribution in [0.2, 0.25) is 0 Å². The predicted octanol–water partition coefficient (Wildman–Crippen LogP) is 3.22. The van der Waals surface area contributed by atoms with Crippen molar-refractivity contribution in [2.45, 2.75) is 64.8 Å². The van der Waals surface area contributed by atoms with E-state index in [2.05, 4.69) is 45.9 Å². The van der Waals surface area contributed by atoms with Crippen LogP contribution in [0.4, 0.5) is 0 Å². The Labute approximate surface area is 104 Å². The summed E-state index contributed by atoms with van der Waals surface area (Å²) in [5.74, 6) is 0. The molecule has 0 radical (unpaired) electrons. The molecule has 0 saturated carbocycles. The molecule has 3 atom stereocenters. The molecule has 96 valence electrons. The van der Waals surface area contributed by atoms with Crippen LogP contribution in [-0.4, -0.2) is 22.9 Å². The molecule has 0 amide bonds. The van der Waals surface area contributed by atoms with Crippen molar-refractivity contribution in [3.8, 4) is 0 Å². The van der Waals surface area contributed by atoms with E-state index in [0.717, 1.165) is 19.3 Å². The highest BCUT2D eigenvalue weighted by Crippen LogP contribution is 2.43. The van der Waals surface area contributed by atoms with E-state index in [4.69, 9.17) is 4.74 Å². The number of rotatable bonds is 0. The monoisotopic (exact) mass is 236 g/mol. The summed E-state index contributed by atoms with van der Waals surface area (Å²) in [5, 5.41) is 10.1. The molecule has 1 heterocycles. The molecule has 1 saturated heterocycles. The van der Waals surface area contributed by atoms with Gasteiger partial charge in [-0.05, 0) is 38.5 Å². The maximum absolute atomic E-state index is 10.1. The summed E-state index contributed by atoms with van der Waals surface area (Å²) >= 11 is 0. The number of epoxide rings is 1. The van der Waals surface area contributed by atoms with E-state index in [1.165, 1.54) is 5.57 Å². The summed E-state index contributed by atoms with van der Waals surface area (Å²) in [5.41, 5.74) is 1.31. The van der Waals surface area contributed by atoms with Gasteiger partial charge in [0, 0.05) is 0 Å². The van der Waals surface area contributed by atoms with E-state index in [-0.39, 0.29) is 23.2 Å². The minimum Gasteiger partial charge on any atom is -0.390 e. The lowest BCUT2D eigenvalue weighted by Crippen LogP contribution is -2.22. The average molecular weight is 236 g/mol. The Morgan fingerprint density at radius 3 is 2.71 bits per heavy atom. The van der Waals surface area contributed by atoms with Gasteiger partial charge < -0.3 is 9.84 Å². The number of allylic oxidation sites excluding steroid dienone is 2. The van der Waals surface area contributed by atoms with Crippen LogP contribution in [0.1, 0.15) is 47.0 Å². The molecular formula is C15H24O2. The van der Waals surface area contributed by atoms with Crippen LogP contribution in [-0.2, 0) is 4.74 Å². The number of aliphatic hydroxyl groups excluding tert-OH is 1. The fraction of sp³-hybridized carbons (Fsp3) is 0.733. The van der Waals surface area contributed by atoms with Gasteiger partial charge in [-0.15, -0.1) is 0 Å². The Morgan fingerprint density at radius 2 is 2.00 bits per heavy atom. The number of ether oxygens (including phenoxy) is 1. The second-order valence-electron chi connectivity index (χ2n) is 6.47. The van der Waals surface area contributed by atoms with Gasteiger partial charge in [0.2, 0.25) is 0 Å². The van der Waals surface area contributed by atoms with E-state index in [1.807, 2.05) is 0 Å². The lowest BCUT2D eigenvalue weighted by atomic mass is 9.87. The van der Waals surface area contributed by atoms with Crippen LogP contribution in [0, 0.1) is 5.41 Å². The maximum Gasteiger partial charge on any atom is 0.113 e. The lowest BCUT2D eigenvalue weighted by Gasteiger charge is -2.18. The fourth-order valence-corrected chi connectivity index (χ4v) is 2.54. The van der Waals surface area contributed by atoms with Crippen LogP contribution in [0.25, 0.3) is 0 Å². The SMILES string of the molecule is CC1=CCC(C)(C)C=CCC2(C)OC2C(O)C1. The fourth-order valence-electron chi connectivity index (χ4n) is 2.54. The standard InChI is InChI=1S/C15H24O2/c1-11-6-9-14(2,3)7-5-8-15(4)13(17-15)12(16)10-11/h5-7,12-13,16H,8-10H2,1-4H3. The summed E-state index contributed by atoms with van der Waals surface area (Å²) in [6, 6.07) is 0. The molecule has 1 fully saturated rings. The van der Waals surface area contributed by atoms with Crippen molar-refractivity contribution in [1.29, 1.82) is 0 Å². The first-order valence-electron chi connectivity index (χ1n) is 6.52. The highest BCUT2D eigenvalue weighted by molar-refractivity contribution is 5.14. The summed E-state index contributed by atoms with van der Waals surface area (Å²) < 4.78 is 5.68. The normalized spacial score (nSPS) is 41.1. The minimum atomic E-state index is -0.356. The van der Waals surface area contributed by atoms with Crippen molar-refractivity contribution in [2.24, 2.45) is 5.41 Å². The first kappa shape index (κ1) is 12.8. The van der Waals surface area contributed by atoms with Crippen molar-refractivity contribution in [3.63, 3.8) is 0 Å². The van der Waals surface area contributed by atoms with Gasteiger partial charge in [0.05, 0.1) is 11.7 Å². The first-order chi connectivity index (χ1) is 7.82. The summed E-state index contributed by atoms with van der Waals surface area (Å²) in [4.78, 5) is 0. The van der Waals surface area contributed by atoms with Crippen molar-refractivity contribution in [3.05, 3.63) is 23.8 Å². The molecule has 1 aliphatic carbocycles. The van der Waals surface area contributed by atoms with Crippen LogP contribution in [0.15, 0.2) is 23.8 Å². The zero-order valence-electron chi connectivity index (χ0n) is 11.4. The molecule has 0 aromatic carbocycles. The van der Waals surface area contributed by atoms with Gasteiger partial charge in [-0.25, -0.2) is 0 Å². The first-order valence-corrected chi connectivity index (χ1v) is 6.52. The molecule has 2 aliphatic rings.